The minimum Gasteiger partial charge on any atom is -0.393 e. The third kappa shape index (κ3) is 3.66. The monoisotopic (exact) mass is 167 g/mol. The molecule has 0 fully saturated rings. The van der Waals surface area contributed by atoms with Gasteiger partial charge in [-0.2, -0.15) is 11.8 Å². The molecule has 5 heteroatoms. The Morgan fingerprint density at radius 3 is 2.89 bits per heavy atom. The fourth-order valence-corrected chi connectivity index (χ4v) is 0.946. The van der Waals surface area contributed by atoms with E-state index in [0.717, 1.165) is 0 Å². The molecule has 0 aromatic carbocycles. The number of carbonyl (C=O) groups excluding carboxylic acids is 1. The van der Waals surface area contributed by atoms with Gasteiger partial charge < -0.3 is 9.92 Å². The van der Waals surface area contributed by atoms with Gasteiger partial charge in [0.05, 0.1) is 0 Å². The van der Waals surface area contributed by atoms with Gasteiger partial charge >= 0.3 is 5.97 Å². The molecule has 0 saturated heterocycles. The Kier molecular flexibility index (Phi) is 5.03. The summed E-state index contributed by atoms with van der Waals surface area (Å²) >= 11 is 4.80. The number of nitrogens with two attached hydrogens (primary N) is 1. The first-order chi connectivity index (χ1) is 4.22. The van der Waals surface area contributed by atoms with Crippen LogP contribution in [0.2, 0.25) is 0 Å². The Morgan fingerprint density at radius 1 is 2.00 bits per heavy atom. The molecule has 0 aliphatic carbocycles. The van der Waals surface area contributed by atoms with E-state index in [-0.39, 0.29) is 0 Å². The summed E-state index contributed by atoms with van der Waals surface area (Å²) in [7, 11) is 0. The number of thioether (sulfide) groups is 1. The average molecular weight is 167 g/mol. The molecule has 0 aromatic heterocycles. The molecule has 0 saturated carbocycles. The van der Waals surface area contributed by atoms with E-state index >= 15 is 0 Å². The largest absolute Gasteiger partial charge is 0.393 e. The SMILES string of the molecule is CSC[C@H](N)C(=O)OS. The van der Waals surface area contributed by atoms with E-state index in [1.807, 2.05) is 6.26 Å². The molecule has 54 valence electrons. The second-order valence-electron chi connectivity index (χ2n) is 1.47. The van der Waals surface area contributed by atoms with Crippen LogP contribution in [-0.4, -0.2) is 24.0 Å². The second-order valence-corrected chi connectivity index (χ2v) is 2.57. The Morgan fingerprint density at radius 2 is 2.56 bits per heavy atom. The zero-order chi connectivity index (χ0) is 7.28. The van der Waals surface area contributed by atoms with Gasteiger partial charge in [0.15, 0.2) is 0 Å². The molecule has 2 N–H and O–H groups in total. The zero-order valence-corrected chi connectivity index (χ0v) is 6.74. The Labute approximate surface area is 63.9 Å². The molecule has 0 heterocycles. The third-order valence-electron chi connectivity index (χ3n) is 0.739. The first-order valence-electron chi connectivity index (χ1n) is 2.32. The Bertz CT molecular complexity index is 98.6. The van der Waals surface area contributed by atoms with Crippen molar-refractivity contribution in [3.63, 3.8) is 0 Å². The summed E-state index contributed by atoms with van der Waals surface area (Å²) in [6.45, 7) is 0. The van der Waals surface area contributed by atoms with Crippen LogP contribution < -0.4 is 5.73 Å². The van der Waals surface area contributed by atoms with E-state index in [0.29, 0.717) is 5.75 Å². The van der Waals surface area contributed by atoms with Gasteiger partial charge in [-0.3, -0.25) is 0 Å². The minimum absolute atomic E-state index is 0.479. The summed E-state index contributed by atoms with van der Waals surface area (Å²) in [6.07, 6.45) is 1.87. The van der Waals surface area contributed by atoms with Crippen molar-refractivity contribution in [3.05, 3.63) is 0 Å². The molecule has 0 rings (SSSR count). The van der Waals surface area contributed by atoms with Gasteiger partial charge in [0.25, 0.3) is 0 Å². The first-order valence-corrected chi connectivity index (χ1v) is 4.08. The highest BCUT2D eigenvalue weighted by molar-refractivity contribution is 7.98. The second kappa shape index (κ2) is 4.96. The van der Waals surface area contributed by atoms with Crippen LogP contribution in [-0.2, 0) is 8.98 Å². The minimum atomic E-state index is -0.544. The van der Waals surface area contributed by atoms with Gasteiger partial charge in [-0.1, -0.05) is 0 Å². The third-order valence-corrected chi connectivity index (χ3v) is 1.61. The zero-order valence-electron chi connectivity index (χ0n) is 5.03. The van der Waals surface area contributed by atoms with Crippen LogP contribution in [0, 0.1) is 0 Å². The summed E-state index contributed by atoms with van der Waals surface area (Å²) < 4.78 is 4.08. The van der Waals surface area contributed by atoms with E-state index in [1.165, 1.54) is 11.8 Å². The van der Waals surface area contributed by atoms with Crippen molar-refractivity contribution in [1.82, 2.24) is 0 Å². The predicted molar refractivity (Wildman–Crippen MR) is 41.4 cm³/mol. The van der Waals surface area contributed by atoms with Gasteiger partial charge in [0.1, 0.15) is 6.04 Å². The highest BCUT2D eigenvalue weighted by atomic mass is 32.2. The molecule has 0 aliphatic rings. The maximum atomic E-state index is 10.5. The molecule has 0 spiro atoms. The van der Waals surface area contributed by atoms with Gasteiger partial charge in [-0.15, -0.1) is 0 Å². The molecule has 0 unspecified atom stereocenters. The van der Waals surface area contributed by atoms with Crippen molar-refractivity contribution in [1.29, 1.82) is 0 Å². The summed E-state index contributed by atoms with van der Waals surface area (Å²) in [4.78, 5) is 10.5. The van der Waals surface area contributed by atoms with Crippen LogP contribution in [0.4, 0.5) is 0 Å². The quantitative estimate of drug-likeness (QED) is 0.461. The van der Waals surface area contributed by atoms with Crippen LogP contribution in [0.1, 0.15) is 0 Å². The van der Waals surface area contributed by atoms with Gasteiger partial charge in [0, 0.05) is 18.7 Å². The normalized spacial score (nSPS) is 12.8. The van der Waals surface area contributed by atoms with Crippen molar-refractivity contribution < 1.29 is 8.98 Å². The number of hydrogen-bond donors (Lipinski definition) is 2. The number of thiol groups is 1. The van der Waals surface area contributed by atoms with E-state index in [9.17, 15) is 4.79 Å². The van der Waals surface area contributed by atoms with Gasteiger partial charge in [0.2, 0.25) is 0 Å². The summed E-state index contributed by atoms with van der Waals surface area (Å²) in [5, 5.41) is 0. The topological polar surface area (TPSA) is 52.3 Å². The lowest BCUT2D eigenvalue weighted by atomic mass is 10.4. The average Bonchev–Trinajstić information content (AvgIpc) is 1.87. The number of hydrogen-bond acceptors (Lipinski definition) is 5. The van der Waals surface area contributed by atoms with Crippen molar-refractivity contribution in [2.75, 3.05) is 12.0 Å². The standard InChI is InChI=1S/C4H9NO2S2/c1-9-2-3(5)4(6)7-8/h3,8H,2,5H2,1H3/t3-/m0/s1. The van der Waals surface area contributed by atoms with Crippen LogP contribution in [0.5, 0.6) is 0 Å². The fourth-order valence-electron chi connectivity index (χ4n) is 0.315. The lowest BCUT2D eigenvalue weighted by Gasteiger charge is -2.03. The lowest BCUT2D eigenvalue weighted by Crippen LogP contribution is -2.32. The van der Waals surface area contributed by atoms with Crippen LogP contribution in [0.15, 0.2) is 0 Å². The van der Waals surface area contributed by atoms with E-state index < -0.39 is 12.0 Å². The van der Waals surface area contributed by atoms with Crippen molar-refractivity contribution in [3.8, 4) is 0 Å². The molecule has 0 radical (unpaired) electrons. The Balaban J connectivity index is 3.45. The maximum absolute atomic E-state index is 10.5. The first kappa shape index (κ1) is 9.13. The molecule has 0 aromatic rings. The predicted octanol–water partition coefficient (Wildman–Crippen LogP) is 0.0647. The van der Waals surface area contributed by atoms with E-state index in [2.05, 4.69) is 17.1 Å². The molecular formula is C4H9NO2S2. The molecule has 0 aliphatic heterocycles. The summed E-state index contributed by atoms with van der Waals surface area (Å²) in [5.41, 5.74) is 5.29. The Hall–Kier alpha value is 0.130. The van der Waals surface area contributed by atoms with Crippen molar-refractivity contribution in [2.45, 2.75) is 6.04 Å². The highest BCUT2D eigenvalue weighted by Gasteiger charge is 2.11. The highest BCUT2D eigenvalue weighted by Crippen LogP contribution is 1.97. The van der Waals surface area contributed by atoms with E-state index in [1.54, 1.807) is 0 Å². The van der Waals surface area contributed by atoms with Crippen LogP contribution >= 0.6 is 24.7 Å². The molecule has 9 heavy (non-hydrogen) atoms. The van der Waals surface area contributed by atoms with Crippen LogP contribution in [0.3, 0.4) is 0 Å². The molecule has 0 amide bonds. The summed E-state index contributed by atoms with van der Waals surface area (Å²) in [6, 6.07) is -0.544. The van der Waals surface area contributed by atoms with Crippen LogP contribution in [0.25, 0.3) is 0 Å². The molecule has 3 nitrogen and oxygen atoms in total. The number of rotatable bonds is 3. The van der Waals surface area contributed by atoms with Crippen molar-refractivity contribution >= 4 is 30.6 Å². The lowest BCUT2D eigenvalue weighted by molar-refractivity contribution is -0.133. The summed E-state index contributed by atoms with van der Waals surface area (Å²) in [5.74, 6) is 0.0898. The fraction of sp³-hybridized carbons (Fsp3) is 0.750. The van der Waals surface area contributed by atoms with E-state index in [4.69, 9.17) is 5.73 Å². The number of carbonyl (C=O) groups is 1. The molecule has 1 atom stereocenters. The van der Waals surface area contributed by atoms with Gasteiger partial charge in [-0.25, -0.2) is 4.79 Å². The maximum Gasteiger partial charge on any atom is 0.335 e. The van der Waals surface area contributed by atoms with Crippen molar-refractivity contribution in [2.24, 2.45) is 5.73 Å². The molecule has 0 bridgehead atoms. The smallest absolute Gasteiger partial charge is 0.335 e. The molecular weight excluding hydrogens is 158 g/mol. The van der Waals surface area contributed by atoms with Gasteiger partial charge in [-0.05, 0) is 6.26 Å².